The van der Waals surface area contributed by atoms with Gasteiger partial charge in [-0.05, 0) is 61.4 Å². The molecular weight excluding hydrogens is 389 g/mol. The van der Waals surface area contributed by atoms with Gasteiger partial charge in [0.2, 0.25) is 0 Å². The van der Waals surface area contributed by atoms with E-state index in [2.05, 4.69) is 5.09 Å². The van der Waals surface area contributed by atoms with E-state index in [-0.39, 0.29) is 0 Å². The van der Waals surface area contributed by atoms with Gasteiger partial charge in [0.15, 0.2) is 0 Å². The molecule has 3 aromatic carbocycles. The summed E-state index contributed by atoms with van der Waals surface area (Å²) in [4.78, 5) is 0. The van der Waals surface area contributed by atoms with Gasteiger partial charge in [0.1, 0.15) is 23.0 Å². The maximum absolute atomic E-state index is 13.8. The topological polar surface area (TPSA) is 66.0 Å². The molecule has 0 bridgehead atoms. The normalized spacial score (nSPS) is 10.9. The maximum Gasteiger partial charge on any atom is 0.541 e. The summed E-state index contributed by atoms with van der Waals surface area (Å²) >= 11 is 0. The number of hydrogen-bond donors (Lipinski definition) is 1. The average Bonchev–Trinajstić information content (AvgIpc) is 2.67. The van der Waals surface area contributed by atoms with E-state index >= 15 is 0 Å². The standard InChI is InChI=1S/C22H24NO5P/c1-16-7-5-9-19(13-16)27-29(24,28-20-10-6-8-17(2)14-20)23-21-15-18(25-3)11-12-22(21)26-4/h5-15H,1-4H3,(H,23,24). The first-order valence-electron chi connectivity index (χ1n) is 9.04. The molecule has 0 spiro atoms. The maximum atomic E-state index is 13.8. The van der Waals surface area contributed by atoms with E-state index in [9.17, 15) is 4.57 Å². The van der Waals surface area contributed by atoms with Crippen LogP contribution >= 0.6 is 7.75 Å². The van der Waals surface area contributed by atoms with E-state index in [0.717, 1.165) is 11.1 Å². The number of benzene rings is 3. The lowest BCUT2D eigenvalue weighted by atomic mass is 10.2. The first kappa shape index (κ1) is 20.6. The number of ether oxygens (including phenoxy) is 2. The molecule has 152 valence electrons. The summed E-state index contributed by atoms with van der Waals surface area (Å²) < 4.78 is 36.1. The summed E-state index contributed by atoms with van der Waals surface area (Å²) in [6, 6.07) is 19.7. The van der Waals surface area contributed by atoms with Crippen molar-refractivity contribution in [1.29, 1.82) is 0 Å². The van der Waals surface area contributed by atoms with Crippen LogP contribution in [0.1, 0.15) is 11.1 Å². The van der Waals surface area contributed by atoms with Crippen molar-refractivity contribution < 1.29 is 23.1 Å². The van der Waals surface area contributed by atoms with E-state index in [1.165, 1.54) is 7.11 Å². The molecule has 0 radical (unpaired) electrons. The average molecular weight is 413 g/mol. The number of aryl methyl sites for hydroxylation is 2. The first-order valence-corrected chi connectivity index (χ1v) is 10.6. The Bertz CT molecular complexity index is 986. The Morgan fingerprint density at radius 2 is 1.31 bits per heavy atom. The molecule has 3 aromatic rings. The van der Waals surface area contributed by atoms with Crippen LogP contribution < -0.4 is 23.6 Å². The van der Waals surface area contributed by atoms with Crippen LogP contribution in [0.3, 0.4) is 0 Å². The van der Waals surface area contributed by atoms with Gasteiger partial charge in [0.25, 0.3) is 0 Å². The van der Waals surface area contributed by atoms with Crippen molar-refractivity contribution in [1.82, 2.24) is 0 Å². The predicted octanol–water partition coefficient (Wildman–Crippen LogP) is 6.00. The highest BCUT2D eigenvalue weighted by molar-refractivity contribution is 7.56. The van der Waals surface area contributed by atoms with Gasteiger partial charge in [-0.2, -0.15) is 0 Å². The van der Waals surface area contributed by atoms with Gasteiger partial charge in [-0.1, -0.05) is 24.3 Å². The minimum absolute atomic E-state index is 0.426. The van der Waals surface area contributed by atoms with Crippen LogP contribution in [-0.4, -0.2) is 14.2 Å². The molecule has 0 aliphatic heterocycles. The molecule has 0 saturated heterocycles. The summed E-state index contributed by atoms with van der Waals surface area (Å²) in [5.41, 5.74) is 2.38. The molecule has 3 rings (SSSR count). The van der Waals surface area contributed by atoms with E-state index < -0.39 is 7.75 Å². The van der Waals surface area contributed by atoms with Crippen LogP contribution in [0.25, 0.3) is 0 Å². The Balaban J connectivity index is 1.99. The molecule has 0 heterocycles. The van der Waals surface area contributed by atoms with E-state index in [4.69, 9.17) is 18.5 Å². The smallest absolute Gasteiger partial charge is 0.497 e. The van der Waals surface area contributed by atoms with E-state index in [1.54, 1.807) is 49.6 Å². The van der Waals surface area contributed by atoms with Gasteiger partial charge >= 0.3 is 7.75 Å². The molecule has 0 aliphatic rings. The van der Waals surface area contributed by atoms with Gasteiger partial charge in [-0.25, -0.2) is 4.57 Å². The fourth-order valence-electron chi connectivity index (χ4n) is 2.74. The zero-order chi connectivity index (χ0) is 20.9. The predicted molar refractivity (Wildman–Crippen MR) is 114 cm³/mol. The van der Waals surface area contributed by atoms with E-state index in [1.807, 2.05) is 38.1 Å². The monoisotopic (exact) mass is 413 g/mol. The second-order valence-corrected chi connectivity index (χ2v) is 8.07. The summed E-state index contributed by atoms with van der Waals surface area (Å²) in [6.45, 7) is 3.86. The lowest BCUT2D eigenvalue weighted by molar-refractivity contribution is 0.389. The van der Waals surface area contributed by atoms with Crippen LogP contribution in [-0.2, 0) is 4.57 Å². The fourth-order valence-corrected chi connectivity index (χ4v) is 4.12. The van der Waals surface area contributed by atoms with E-state index in [0.29, 0.717) is 28.7 Å². The molecule has 29 heavy (non-hydrogen) atoms. The Morgan fingerprint density at radius 1 is 0.724 bits per heavy atom. The second-order valence-electron chi connectivity index (χ2n) is 6.49. The lowest BCUT2D eigenvalue weighted by Gasteiger charge is -2.22. The summed E-state index contributed by atoms with van der Waals surface area (Å²) in [7, 11) is -0.799. The molecule has 0 amide bonds. The third kappa shape index (κ3) is 5.46. The highest BCUT2D eigenvalue weighted by Crippen LogP contribution is 2.50. The van der Waals surface area contributed by atoms with Gasteiger partial charge in [-0.15, -0.1) is 0 Å². The summed E-state index contributed by atoms with van der Waals surface area (Å²) in [6.07, 6.45) is 0. The molecule has 0 aliphatic carbocycles. The molecule has 0 atom stereocenters. The molecule has 1 N–H and O–H groups in total. The fraction of sp³-hybridized carbons (Fsp3) is 0.182. The van der Waals surface area contributed by atoms with Gasteiger partial charge in [0.05, 0.1) is 19.9 Å². The van der Waals surface area contributed by atoms with Gasteiger partial charge in [-0.3, -0.25) is 5.09 Å². The number of hydrogen-bond acceptors (Lipinski definition) is 5. The minimum Gasteiger partial charge on any atom is -0.497 e. The number of anilines is 1. The Hall–Kier alpha value is -3.11. The van der Waals surface area contributed by atoms with Crippen LogP contribution in [0.15, 0.2) is 66.7 Å². The van der Waals surface area contributed by atoms with Crippen molar-refractivity contribution in [2.75, 3.05) is 19.3 Å². The van der Waals surface area contributed by atoms with Crippen LogP contribution in [0, 0.1) is 13.8 Å². The number of methoxy groups -OCH3 is 2. The Kier molecular flexibility index (Phi) is 6.35. The molecule has 0 unspecified atom stereocenters. The zero-order valence-electron chi connectivity index (χ0n) is 16.8. The van der Waals surface area contributed by atoms with Crippen LogP contribution in [0.4, 0.5) is 5.69 Å². The Morgan fingerprint density at radius 3 is 1.79 bits per heavy atom. The third-order valence-electron chi connectivity index (χ3n) is 4.09. The SMILES string of the molecule is COc1ccc(OC)c(NP(=O)(Oc2cccc(C)c2)Oc2cccc(C)c2)c1. The van der Waals surface area contributed by atoms with Crippen molar-refractivity contribution in [2.45, 2.75) is 13.8 Å². The first-order chi connectivity index (χ1) is 13.9. The van der Waals surface area contributed by atoms with Crippen LogP contribution in [0.2, 0.25) is 0 Å². The quantitative estimate of drug-likeness (QED) is 0.457. The van der Waals surface area contributed by atoms with Crippen molar-refractivity contribution in [3.63, 3.8) is 0 Å². The number of rotatable bonds is 8. The molecule has 6 nitrogen and oxygen atoms in total. The van der Waals surface area contributed by atoms with Crippen molar-refractivity contribution in [3.8, 4) is 23.0 Å². The molecule has 0 saturated carbocycles. The molecular formula is C22H24NO5P. The minimum atomic E-state index is -3.88. The van der Waals surface area contributed by atoms with Crippen molar-refractivity contribution in [2.24, 2.45) is 0 Å². The molecule has 7 heteroatoms. The second kappa shape index (κ2) is 8.93. The highest BCUT2D eigenvalue weighted by atomic mass is 31.2. The molecule has 0 aromatic heterocycles. The summed E-state index contributed by atoms with van der Waals surface area (Å²) in [5.74, 6) is 1.91. The van der Waals surface area contributed by atoms with Crippen molar-refractivity contribution in [3.05, 3.63) is 77.9 Å². The van der Waals surface area contributed by atoms with Gasteiger partial charge in [0, 0.05) is 6.07 Å². The highest BCUT2D eigenvalue weighted by Gasteiger charge is 2.30. The number of nitrogens with one attached hydrogen (secondary N) is 1. The Labute approximate surface area is 171 Å². The zero-order valence-corrected chi connectivity index (χ0v) is 17.7. The third-order valence-corrected chi connectivity index (χ3v) is 5.51. The summed E-state index contributed by atoms with van der Waals surface area (Å²) in [5, 5.41) is 2.89. The van der Waals surface area contributed by atoms with Gasteiger partial charge < -0.3 is 18.5 Å². The van der Waals surface area contributed by atoms with Crippen molar-refractivity contribution >= 4 is 13.4 Å². The largest absolute Gasteiger partial charge is 0.541 e. The lowest BCUT2D eigenvalue weighted by Crippen LogP contribution is -2.11. The molecule has 0 fully saturated rings. The van der Waals surface area contributed by atoms with Crippen LogP contribution in [0.5, 0.6) is 23.0 Å².